The Morgan fingerprint density at radius 1 is 1.32 bits per heavy atom. The second kappa shape index (κ2) is 7.59. The van der Waals surface area contributed by atoms with Crippen LogP contribution < -0.4 is 25.4 Å². The summed E-state index contributed by atoms with van der Waals surface area (Å²) in [6, 6.07) is 4.43. The van der Waals surface area contributed by atoms with Crippen LogP contribution in [0.15, 0.2) is 41.9 Å². The molecule has 0 saturated heterocycles. The Kier molecular flexibility index (Phi) is 4.83. The van der Waals surface area contributed by atoms with E-state index in [1.807, 2.05) is 6.07 Å². The van der Waals surface area contributed by atoms with Gasteiger partial charge in [-0.05, 0) is 24.6 Å². The van der Waals surface area contributed by atoms with E-state index in [-0.39, 0.29) is 11.9 Å². The Morgan fingerprint density at radius 3 is 2.93 bits per heavy atom. The average molecular weight is 384 g/mol. The van der Waals surface area contributed by atoms with Crippen LogP contribution in [-0.2, 0) is 11.3 Å². The lowest BCUT2D eigenvalue weighted by Crippen LogP contribution is -2.47. The molecule has 0 aliphatic carbocycles. The number of fused-ring (bicyclic) bond motifs is 1. The summed E-state index contributed by atoms with van der Waals surface area (Å²) in [5, 5.41) is 15.9. The Bertz CT molecular complexity index is 924. The van der Waals surface area contributed by atoms with Crippen LogP contribution in [0.3, 0.4) is 0 Å². The van der Waals surface area contributed by atoms with Crippen molar-refractivity contribution in [3.63, 3.8) is 0 Å². The van der Waals surface area contributed by atoms with Crippen molar-refractivity contribution in [2.24, 2.45) is 0 Å². The molecule has 0 spiro atoms. The van der Waals surface area contributed by atoms with Crippen molar-refractivity contribution in [1.29, 1.82) is 0 Å². The van der Waals surface area contributed by atoms with Gasteiger partial charge in [-0.3, -0.25) is 9.48 Å². The predicted molar refractivity (Wildman–Crippen MR) is 97.6 cm³/mol. The second-order valence-electron chi connectivity index (χ2n) is 6.40. The number of urea groups is 1. The highest BCUT2D eigenvalue weighted by molar-refractivity contribution is 5.98. The van der Waals surface area contributed by atoms with Crippen molar-refractivity contribution in [3.05, 3.63) is 47.4 Å². The standard InChI is InChI=1S/C18H20N6O4/c1-11-15(17(25)19-4-6-24-7-5-20-23-24)16(22-18(26)21-11)12-2-3-13-14(10-12)28-9-8-27-13/h2-3,5,7,10,16H,4,6,8-9H2,1H3,(H,19,25)(H2,21,22,26). The van der Waals surface area contributed by atoms with Crippen molar-refractivity contribution in [1.82, 2.24) is 30.9 Å². The first kappa shape index (κ1) is 17.8. The van der Waals surface area contributed by atoms with Gasteiger partial charge in [0.2, 0.25) is 0 Å². The Hall–Kier alpha value is -3.56. The number of hydrogen-bond acceptors (Lipinski definition) is 6. The van der Waals surface area contributed by atoms with E-state index in [0.717, 1.165) is 5.56 Å². The Balaban J connectivity index is 1.55. The zero-order valence-electron chi connectivity index (χ0n) is 15.3. The van der Waals surface area contributed by atoms with Gasteiger partial charge in [0, 0.05) is 18.4 Å². The molecule has 0 radical (unpaired) electrons. The molecule has 4 rings (SSSR count). The third-order valence-corrected chi connectivity index (χ3v) is 4.51. The maximum atomic E-state index is 12.9. The molecule has 0 fully saturated rings. The topological polar surface area (TPSA) is 119 Å². The highest BCUT2D eigenvalue weighted by Crippen LogP contribution is 2.35. The lowest BCUT2D eigenvalue weighted by Gasteiger charge is -2.29. The molecule has 2 aromatic rings. The summed E-state index contributed by atoms with van der Waals surface area (Å²) in [5.74, 6) is 0.972. The summed E-state index contributed by atoms with van der Waals surface area (Å²) < 4.78 is 12.8. The van der Waals surface area contributed by atoms with Crippen LogP contribution in [0.25, 0.3) is 0 Å². The number of carbonyl (C=O) groups excluding carboxylic acids is 2. The largest absolute Gasteiger partial charge is 0.486 e. The van der Waals surface area contributed by atoms with Crippen LogP contribution in [0.4, 0.5) is 4.79 Å². The normalized spacial score (nSPS) is 18.3. The van der Waals surface area contributed by atoms with Gasteiger partial charge in [0.15, 0.2) is 11.5 Å². The van der Waals surface area contributed by atoms with E-state index in [1.54, 1.807) is 36.1 Å². The molecular formula is C18H20N6O4. The van der Waals surface area contributed by atoms with Gasteiger partial charge in [0.05, 0.1) is 24.4 Å². The van der Waals surface area contributed by atoms with Crippen molar-refractivity contribution in [2.45, 2.75) is 19.5 Å². The minimum absolute atomic E-state index is 0.273. The number of aromatic nitrogens is 3. The van der Waals surface area contributed by atoms with Gasteiger partial charge in [-0.1, -0.05) is 11.3 Å². The molecule has 3 heterocycles. The molecule has 0 saturated carbocycles. The molecule has 10 heteroatoms. The first-order valence-corrected chi connectivity index (χ1v) is 8.92. The first-order chi connectivity index (χ1) is 13.6. The minimum atomic E-state index is -0.601. The molecule has 0 bridgehead atoms. The highest BCUT2D eigenvalue weighted by Gasteiger charge is 2.31. The van der Waals surface area contributed by atoms with E-state index >= 15 is 0 Å². The zero-order chi connectivity index (χ0) is 19.5. The second-order valence-corrected chi connectivity index (χ2v) is 6.40. The number of ether oxygens (including phenoxy) is 2. The summed E-state index contributed by atoms with van der Waals surface area (Å²) in [7, 11) is 0. The molecule has 2 aliphatic heterocycles. The Labute approximate surface area is 160 Å². The van der Waals surface area contributed by atoms with E-state index in [4.69, 9.17) is 9.47 Å². The fourth-order valence-electron chi connectivity index (χ4n) is 3.22. The van der Waals surface area contributed by atoms with Gasteiger partial charge in [0.25, 0.3) is 5.91 Å². The minimum Gasteiger partial charge on any atom is -0.486 e. The van der Waals surface area contributed by atoms with Gasteiger partial charge in [-0.25, -0.2) is 4.79 Å². The summed E-state index contributed by atoms with van der Waals surface area (Å²) >= 11 is 0. The third kappa shape index (κ3) is 3.61. The van der Waals surface area contributed by atoms with Gasteiger partial charge < -0.3 is 25.4 Å². The molecule has 1 atom stereocenters. The molecular weight excluding hydrogens is 364 g/mol. The van der Waals surface area contributed by atoms with Gasteiger partial charge >= 0.3 is 6.03 Å². The van der Waals surface area contributed by atoms with Gasteiger partial charge in [-0.2, -0.15) is 0 Å². The summed E-state index contributed by atoms with van der Waals surface area (Å²) in [6.07, 6.45) is 3.30. The number of amides is 3. The zero-order valence-corrected chi connectivity index (χ0v) is 15.3. The maximum absolute atomic E-state index is 12.9. The molecule has 1 aromatic heterocycles. The summed E-state index contributed by atoms with van der Waals surface area (Å²) in [4.78, 5) is 24.9. The molecule has 2 aliphatic rings. The first-order valence-electron chi connectivity index (χ1n) is 8.92. The maximum Gasteiger partial charge on any atom is 0.319 e. The van der Waals surface area contributed by atoms with E-state index < -0.39 is 6.04 Å². The van der Waals surface area contributed by atoms with Crippen LogP contribution in [-0.4, -0.2) is 46.7 Å². The lowest BCUT2D eigenvalue weighted by atomic mass is 9.94. The molecule has 1 aromatic carbocycles. The molecule has 1 unspecified atom stereocenters. The Morgan fingerprint density at radius 2 is 2.14 bits per heavy atom. The number of nitrogens with zero attached hydrogens (tertiary/aromatic N) is 3. The van der Waals surface area contributed by atoms with E-state index in [9.17, 15) is 9.59 Å². The number of rotatable bonds is 5. The summed E-state index contributed by atoms with van der Waals surface area (Å²) in [5.41, 5.74) is 1.68. The lowest BCUT2D eigenvalue weighted by molar-refractivity contribution is -0.118. The van der Waals surface area contributed by atoms with Crippen molar-refractivity contribution < 1.29 is 19.1 Å². The third-order valence-electron chi connectivity index (χ3n) is 4.51. The van der Waals surface area contributed by atoms with Crippen LogP contribution in [0.5, 0.6) is 11.5 Å². The number of hydrogen-bond donors (Lipinski definition) is 3. The highest BCUT2D eigenvalue weighted by atomic mass is 16.6. The molecule has 3 N–H and O–H groups in total. The van der Waals surface area contributed by atoms with Crippen LogP contribution in [0.2, 0.25) is 0 Å². The van der Waals surface area contributed by atoms with Crippen molar-refractivity contribution in [3.8, 4) is 11.5 Å². The molecule has 28 heavy (non-hydrogen) atoms. The van der Waals surface area contributed by atoms with Crippen molar-refractivity contribution in [2.75, 3.05) is 19.8 Å². The molecule has 3 amide bonds. The van der Waals surface area contributed by atoms with Crippen LogP contribution in [0.1, 0.15) is 18.5 Å². The van der Waals surface area contributed by atoms with Gasteiger partial charge in [0.1, 0.15) is 13.2 Å². The molecule has 146 valence electrons. The van der Waals surface area contributed by atoms with E-state index in [2.05, 4.69) is 26.3 Å². The smallest absolute Gasteiger partial charge is 0.319 e. The average Bonchev–Trinajstić information content (AvgIpc) is 3.20. The van der Waals surface area contributed by atoms with E-state index in [0.29, 0.717) is 49.1 Å². The van der Waals surface area contributed by atoms with E-state index in [1.165, 1.54) is 0 Å². The molecule has 10 nitrogen and oxygen atoms in total. The van der Waals surface area contributed by atoms with Crippen molar-refractivity contribution >= 4 is 11.9 Å². The predicted octanol–water partition coefficient (Wildman–Crippen LogP) is 0.494. The summed E-state index contributed by atoms with van der Waals surface area (Å²) in [6.45, 7) is 3.53. The van der Waals surface area contributed by atoms with Crippen LogP contribution in [0, 0.1) is 0 Å². The number of nitrogens with one attached hydrogen (secondary N) is 3. The quantitative estimate of drug-likeness (QED) is 0.690. The van der Waals surface area contributed by atoms with Gasteiger partial charge in [-0.15, -0.1) is 5.10 Å². The fraction of sp³-hybridized carbons (Fsp3) is 0.333. The fourth-order valence-corrected chi connectivity index (χ4v) is 3.22. The SMILES string of the molecule is CC1=C(C(=O)NCCn2ccnn2)C(c2ccc3c(c2)OCCO3)NC(=O)N1. The van der Waals surface area contributed by atoms with Crippen LogP contribution >= 0.6 is 0 Å². The number of carbonyl (C=O) groups is 2. The number of benzene rings is 1. The number of allylic oxidation sites excluding steroid dienone is 1. The monoisotopic (exact) mass is 384 g/mol.